The maximum absolute atomic E-state index is 11.6. The van der Waals surface area contributed by atoms with Gasteiger partial charge in [-0.1, -0.05) is 60.2 Å². The highest BCUT2D eigenvalue weighted by Gasteiger charge is 2.11. The van der Waals surface area contributed by atoms with Gasteiger partial charge in [-0.25, -0.2) is 5.43 Å². The lowest BCUT2D eigenvalue weighted by Gasteiger charge is -2.04. The van der Waals surface area contributed by atoms with Crippen molar-refractivity contribution < 1.29 is 9.59 Å². The first-order valence-electron chi connectivity index (χ1n) is 6.87. The zero-order valence-electron chi connectivity index (χ0n) is 12.2. The van der Waals surface area contributed by atoms with E-state index in [4.69, 9.17) is 0 Å². The second kappa shape index (κ2) is 7.73. The van der Waals surface area contributed by atoms with Gasteiger partial charge in [0.25, 0.3) is 0 Å². The average Bonchev–Trinajstić information content (AvgIpc) is 2.55. The van der Waals surface area contributed by atoms with Crippen LogP contribution >= 0.6 is 0 Å². The maximum Gasteiger partial charge on any atom is 0.329 e. The maximum atomic E-state index is 11.6. The molecule has 0 heterocycles. The fourth-order valence-electron chi connectivity index (χ4n) is 1.72. The zero-order valence-corrected chi connectivity index (χ0v) is 12.2. The number of carbonyl (C=O) groups is 2. The van der Waals surface area contributed by atoms with Gasteiger partial charge in [-0.05, 0) is 18.1 Å². The fourth-order valence-corrected chi connectivity index (χ4v) is 1.72. The van der Waals surface area contributed by atoms with E-state index in [-0.39, 0.29) is 0 Å². The standard InChI is InChI=1S/C17H17N3O2/c1-13-7-9-15(10-8-13)11-18-16(21)17(22)20-19-12-14-5-3-2-4-6-14/h2-10,12H,11H2,1H3,(H,18,21)(H,20,22)/b19-12+. The lowest BCUT2D eigenvalue weighted by molar-refractivity contribution is -0.139. The van der Waals surface area contributed by atoms with Gasteiger partial charge >= 0.3 is 11.8 Å². The van der Waals surface area contributed by atoms with E-state index < -0.39 is 11.8 Å². The summed E-state index contributed by atoms with van der Waals surface area (Å²) >= 11 is 0. The van der Waals surface area contributed by atoms with Crippen molar-refractivity contribution in [2.75, 3.05) is 0 Å². The number of hydrogen-bond donors (Lipinski definition) is 2. The second-order valence-corrected chi connectivity index (χ2v) is 4.78. The van der Waals surface area contributed by atoms with E-state index in [9.17, 15) is 9.59 Å². The summed E-state index contributed by atoms with van der Waals surface area (Å²) in [5.41, 5.74) is 5.10. The first kappa shape index (κ1) is 15.4. The Labute approximate surface area is 129 Å². The minimum Gasteiger partial charge on any atom is -0.344 e. The topological polar surface area (TPSA) is 70.6 Å². The van der Waals surface area contributed by atoms with Crippen molar-refractivity contribution >= 4 is 18.0 Å². The van der Waals surface area contributed by atoms with E-state index in [2.05, 4.69) is 15.8 Å². The van der Waals surface area contributed by atoms with E-state index in [1.807, 2.05) is 61.5 Å². The number of rotatable bonds is 4. The van der Waals surface area contributed by atoms with Crippen molar-refractivity contribution in [2.45, 2.75) is 13.5 Å². The largest absolute Gasteiger partial charge is 0.344 e. The molecule has 0 spiro atoms. The van der Waals surface area contributed by atoms with Crippen LogP contribution in [0.25, 0.3) is 0 Å². The van der Waals surface area contributed by atoms with Crippen LogP contribution in [0.15, 0.2) is 59.7 Å². The van der Waals surface area contributed by atoms with Crippen LogP contribution in [0, 0.1) is 6.92 Å². The normalized spacial score (nSPS) is 10.4. The minimum absolute atomic E-state index is 0.301. The van der Waals surface area contributed by atoms with Gasteiger partial charge < -0.3 is 5.32 Å². The van der Waals surface area contributed by atoms with Gasteiger partial charge in [-0.15, -0.1) is 0 Å². The Hall–Kier alpha value is -2.95. The third-order valence-corrected chi connectivity index (χ3v) is 2.96. The summed E-state index contributed by atoms with van der Waals surface area (Å²) in [6.45, 7) is 2.29. The van der Waals surface area contributed by atoms with Crippen molar-refractivity contribution in [1.29, 1.82) is 0 Å². The van der Waals surface area contributed by atoms with Gasteiger partial charge in [0.15, 0.2) is 0 Å². The molecule has 2 aromatic carbocycles. The van der Waals surface area contributed by atoms with Crippen molar-refractivity contribution in [3.8, 4) is 0 Å². The molecule has 0 bridgehead atoms. The molecule has 5 nitrogen and oxygen atoms in total. The molecule has 0 fully saturated rings. The molecule has 0 aliphatic carbocycles. The molecule has 22 heavy (non-hydrogen) atoms. The summed E-state index contributed by atoms with van der Waals surface area (Å²) in [5.74, 6) is -1.51. The molecule has 112 valence electrons. The molecule has 0 aliphatic rings. The number of nitrogens with zero attached hydrogens (tertiary/aromatic N) is 1. The van der Waals surface area contributed by atoms with Crippen LogP contribution in [0.1, 0.15) is 16.7 Å². The van der Waals surface area contributed by atoms with Gasteiger partial charge in [0.2, 0.25) is 0 Å². The van der Waals surface area contributed by atoms with Crippen LogP contribution in [0.2, 0.25) is 0 Å². The predicted molar refractivity (Wildman–Crippen MR) is 85.2 cm³/mol. The predicted octanol–water partition coefficient (Wildman–Crippen LogP) is 1.76. The summed E-state index contributed by atoms with van der Waals surface area (Å²) in [7, 11) is 0. The minimum atomic E-state index is -0.792. The van der Waals surface area contributed by atoms with Crippen LogP contribution in [0.4, 0.5) is 0 Å². The Morgan fingerprint density at radius 3 is 2.36 bits per heavy atom. The summed E-state index contributed by atoms with van der Waals surface area (Å²) in [6, 6.07) is 17.0. The zero-order chi connectivity index (χ0) is 15.8. The summed E-state index contributed by atoms with van der Waals surface area (Å²) < 4.78 is 0. The molecule has 0 atom stereocenters. The first-order valence-corrected chi connectivity index (χ1v) is 6.87. The van der Waals surface area contributed by atoms with Crippen molar-refractivity contribution in [3.63, 3.8) is 0 Å². The third kappa shape index (κ3) is 4.86. The van der Waals surface area contributed by atoms with Crippen LogP contribution in [-0.4, -0.2) is 18.0 Å². The summed E-state index contributed by atoms with van der Waals surface area (Å²) in [4.78, 5) is 23.2. The Balaban J connectivity index is 1.78. The number of carbonyl (C=O) groups excluding carboxylic acids is 2. The molecular formula is C17H17N3O2. The quantitative estimate of drug-likeness (QED) is 0.512. The molecular weight excluding hydrogens is 278 g/mol. The highest BCUT2D eigenvalue weighted by molar-refractivity contribution is 6.35. The number of amides is 2. The van der Waals surface area contributed by atoms with Gasteiger partial charge in [0.1, 0.15) is 0 Å². The molecule has 2 amide bonds. The smallest absolute Gasteiger partial charge is 0.329 e. The van der Waals surface area contributed by atoms with Crippen LogP contribution in [0.5, 0.6) is 0 Å². The first-order chi connectivity index (χ1) is 10.6. The fraction of sp³-hybridized carbons (Fsp3) is 0.118. The van der Waals surface area contributed by atoms with Crippen molar-refractivity contribution in [3.05, 3.63) is 71.3 Å². The van der Waals surface area contributed by atoms with Crippen molar-refractivity contribution in [2.24, 2.45) is 5.10 Å². The number of aryl methyl sites for hydroxylation is 1. The highest BCUT2D eigenvalue weighted by atomic mass is 16.2. The van der Waals surface area contributed by atoms with Crippen molar-refractivity contribution in [1.82, 2.24) is 10.7 Å². The lowest BCUT2D eigenvalue weighted by Crippen LogP contribution is -2.37. The molecule has 0 saturated carbocycles. The average molecular weight is 295 g/mol. The summed E-state index contributed by atoms with van der Waals surface area (Å²) in [6.07, 6.45) is 1.48. The van der Waals surface area contributed by atoms with E-state index in [1.54, 1.807) is 0 Å². The van der Waals surface area contributed by atoms with Crippen LogP contribution < -0.4 is 10.7 Å². The monoisotopic (exact) mass is 295 g/mol. The van der Waals surface area contributed by atoms with Gasteiger partial charge in [0, 0.05) is 6.54 Å². The number of benzene rings is 2. The van der Waals surface area contributed by atoms with Gasteiger partial charge in [0.05, 0.1) is 6.21 Å². The second-order valence-electron chi connectivity index (χ2n) is 4.78. The lowest BCUT2D eigenvalue weighted by atomic mass is 10.1. The van der Waals surface area contributed by atoms with Gasteiger partial charge in [-0.2, -0.15) is 5.10 Å². The van der Waals surface area contributed by atoms with Gasteiger partial charge in [-0.3, -0.25) is 9.59 Å². The van der Waals surface area contributed by atoms with E-state index in [1.165, 1.54) is 6.21 Å². The summed E-state index contributed by atoms with van der Waals surface area (Å²) in [5, 5.41) is 6.29. The Bertz CT molecular complexity index is 664. The molecule has 0 unspecified atom stereocenters. The molecule has 5 heteroatoms. The molecule has 0 aromatic heterocycles. The van der Waals surface area contributed by atoms with E-state index in [0.717, 1.165) is 16.7 Å². The number of hydrogen-bond acceptors (Lipinski definition) is 3. The molecule has 2 N–H and O–H groups in total. The third-order valence-electron chi connectivity index (χ3n) is 2.96. The van der Waals surface area contributed by atoms with E-state index >= 15 is 0 Å². The highest BCUT2D eigenvalue weighted by Crippen LogP contribution is 2.02. The molecule has 0 aliphatic heterocycles. The van der Waals surface area contributed by atoms with E-state index in [0.29, 0.717) is 6.54 Å². The Morgan fingerprint density at radius 2 is 1.68 bits per heavy atom. The number of hydrazone groups is 1. The number of nitrogens with one attached hydrogen (secondary N) is 2. The SMILES string of the molecule is Cc1ccc(CNC(=O)C(=O)N/N=C/c2ccccc2)cc1. The Morgan fingerprint density at radius 1 is 1.00 bits per heavy atom. The van der Waals surface area contributed by atoms with Crippen LogP contribution in [0.3, 0.4) is 0 Å². The molecule has 2 aromatic rings. The Kier molecular flexibility index (Phi) is 5.43. The molecule has 2 rings (SSSR count). The van der Waals surface area contributed by atoms with Crippen LogP contribution in [-0.2, 0) is 16.1 Å². The molecule has 0 radical (unpaired) electrons. The molecule has 0 saturated heterocycles.